The fourth-order valence-electron chi connectivity index (χ4n) is 1.55. The molecule has 0 amide bonds. The first-order chi connectivity index (χ1) is 8.08. The maximum Gasteiger partial charge on any atom is 0.132 e. The van der Waals surface area contributed by atoms with Gasteiger partial charge in [0.2, 0.25) is 0 Å². The first kappa shape index (κ1) is 12.4. The first-order valence-corrected chi connectivity index (χ1v) is 6.04. The summed E-state index contributed by atoms with van der Waals surface area (Å²) in [4.78, 5) is 0. The van der Waals surface area contributed by atoms with Crippen molar-refractivity contribution in [2.75, 3.05) is 0 Å². The van der Waals surface area contributed by atoms with Crippen LogP contribution in [0.15, 0.2) is 42.5 Å². The SMILES string of the molecule is OC(c1ccc(I)cc1)c1ccc(F)cc1F. The van der Waals surface area contributed by atoms with E-state index in [0.717, 1.165) is 15.7 Å². The third-order valence-electron chi connectivity index (χ3n) is 2.44. The summed E-state index contributed by atoms with van der Waals surface area (Å²) >= 11 is 2.14. The van der Waals surface area contributed by atoms with Gasteiger partial charge in [0.25, 0.3) is 0 Å². The second kappa shape index (κ2) is 5.10. The molecule has 0 radical (unpaired) electrons. The molecular formula is C13H9F2IO. The zero-order valence-electron chi connectivity index (χ0n) is 8.70. The second-order valence-electron chi connectivity index (χ2n) is 3.62. The van der Waals surface area contributed by atoms with E-state index < -0.39 is 17.7 Å². The Labute approximate surface area is 111 Å². The van der Waals surface area contributed by atoms with Crippen molar-refractivity contribution < 1.29 is 13.9 Å². The van der Waals surface area contributed by atoms with Crippen molar-refractivity contribution in [1.82, 2.24) is 0 Å². The Morgan fingerprint density at radius 2 is 1.65 bits per heavy atom. The predicted octanol–water partition coefficient (Wildman–Crippen LogP) is 3.65. The molecule has 0 fully saturated rings. The Hall–Kier alpha value is -1.01. The Morgan fingerprint density at radius 1 is 1.00 bits per heavy atom. The molecule has 17 heavy (non-hydrogen) atoms. The maximum atomic E-state index is 13.5. The Bertz CT molecular complexity index is 525. The molecule has 0 aliphatic heterocycles. The van der Waals surface area contributed by atoms with Crippen LogP contribution in [-0.4, -0.2) is 5.11 Å². The van der Waals surface area contributed by atoms with Crippen molar-refractivity contribution in [3.8, 4) is 0 Å². The van der Waals surface area contributed by atoms with Crippen LogP contribution in [-0.2, 0) is 0 Å². The molecule has 2 aromatic rings. The topological polar surface area (TPSA) is 20.2 Å². The summed E-state index contributed by atoms with van der Waals surface area (Å²) < 4.78 is 27.2. The van der Waals surface area contributed by atoms with Crippen LogP contribution in [0.5, 0.6) is 0 Å². The molecule has 1 atom stereocenters. The number of aliphatic hydroxyl groups excluding tert-OH is 1. The van der Waals surface area contributed by atoms with Crippen molar-refractivity contribution in [3.63, 3.8) is 0 Å². The minimum atomic E-state index is -1.08. The lowest BCUT2D eigenvalue weighted by Crippen LogP contribution is -2.03. The van der Waals surface area contributed by atoms with E-state index in [1.165, 1.54) is 6.07 Å². The maximum absolute atomic E-state index is 13.5. The molecule has 88 valence electrons. The molecule has 0 spiro atoms. The summed E-state index contributed by atoms with van der Waals surface area (Å²) in [7, 11) is 0. The third kappa shape index (κ3) is 2.81. The number of hydrogen-bond donors (Lipinski definition) is 1. The van der Waals surface area contributed by atoms with Crippen LogP contribution in [0.25, 0.3) is 0 Å². The van der Waals surface area contributed by atoms with Gasteiger partial charge in [-0.2, -0.15) is 0 Å². The van der Waals surface area contributed by atoms with Gasteiger partial charge in [-0.1, -0.05) is 18.2 Å². The van der Waals surface area contributed by atoms with E-state index in [2.05, 4.69) is 22.6 Å². The summed E-state index contributed by atoms with van der Waals surface area (Å²) in [6.45, 7) is 0. The highest BCUT2D eigenvalue weighted by atomic mass is 127. The lowest BCUT2D eigenvalue weighted by Gasteiger charge is -2.12. The summed E-state index contributed by atoms with van der Waals surface area (Å²) in [5.74, 6) is -1.39. The molecule has 1 unspecified atom stereocenters. The monoisotopic (exact) mass is 346 g/mol. The van der Waals surface area contributed by atoms with Gasteiger partial charge in [0.15, 0.2) is 0 Å². The van der Waals surface area contributed by atoms with E-state index in [1.807, 2.05) is 12.1 Å². The summed E-state index contributed by atoms with van der Waals surface area (Å²) in [5, 5.41) is 9.99. The zero-order chi connectivity index (χ0) is 12.4. The normalized spacial score (nSPS) is 12.5. The smallest absolute Gasteiger partial charge is 0.132 e. The average Bonchev–Trinajstić information content (AvgIpc) is 2.29. The van der Waals surface area contributed by atoms with Gasteiger partial charge in [-0.25, -0.2) is 8.78 Å². The molecular weight excluding hydrogens is 337 g/mol. The number of halogens is 3. The standard InChI is InChI=1S/C13H9F2IO/c14-9-3-6-11(12(15)7-9)13(17)8-1-4-10(16)5-2-8/h1-7,13,17H. The molecule has 0 bridgehead atoms. The van der Waals surface area contributed by atoms with Gasteiger partial charge in [0.05, 0.1) is 0 Å². The van der Waals surface area contributed by atoms with Gasteiger partial charge < -0.3 is 5.11 Å². The van der Waals surface area contributed by atoms with Crippen LogP contribution in [0.2, 0.25) is 0 Å². The molecule has 0 saturated carbocycles. The van der Waals surface area contributed by atoms with Crippen LogP contribution >= 0.6 is 22.6 Å². The van der Waals surface area contributed by atoms with E-state index in [-0.39, 0.29) is 5.56 Å². The van der Waals surface area contributed by atoms with E-state index in [4.69, 9.17) is 0 Å². The van der Waals surface area contributed by atoms with Crippen molar-refractivity contribution in [2.45, 2.75) is 6.10 Å². The zero-order valence-corrected chi connectivity index (χ0v) is 10.9. The fourth-order valence-corrected chi connectivity index (χ4v) is 1.91. The molecule has 1 N–H and O–H groups in total. The van der Waals surface area contributed by atoms with E-state index in [0.29, 0.717) is 5.56 Å². The minimum absolute atomic E-state index is 0.0765. The number of benzene rings is 2. The Morgan fingerprint density at radius 3 is 2.24 bits per heavy atom. The predicted molar refractivity (Wildman–Crippen MR) is 69.6 cm³/mol. The first-order valence-electron chi connectivity index (χ1n) is 4.96. The van der Waals surface area contributed by atoms with Crippen molar-refractivity contribution in [1.29, 1.82) is 0 Å². The lowest BCUT2D eigenvalue weighted by atomic mass is 10.0. The molecule has 0 heterocycles. The molecule has 0 aromatic heterocycles. The van der Waals surface area contributed by atoms with Gasteiger partial charge >= 0.3 is 0 Å². The number of hydrogen-bond acceptors (Lipinski definition) is 1. The van der Waals surface area contributed by atoms with Gasteiger partial charge in [0.1, 0.15) is 17.7 Å². The molecule has 0 aliphatic rings. The molecule has 0 aliphatic carbocycles. The van der Waals surface area contributed by atoms with E-state index in [1.54, 1.807) is 12.1 Å². The number of aliphatic hydroxyl groups is 1. The summed E-state index contributed by atoms with van der Waals surface area (Å²) in [5.41, 5.74) is 0.656. The molecule has 1 nitrogen and oxygen atoms in total. The van der Waals surface area contributed by atoms with Crippen LogP contribution in [0.4, 0.5) is 8.78 Å². The van der Waals surface area contributed by atoms with Gasteiger partial charge in [-0.05, 0) is 46.4 Å². The number of rotatable bonds is 2. The minimum Gasteiger partial charge on any atom is -0.384 e. The Balaban J connectivity index is 2.36. The highest BCUT2D eigenvalue weighted by molar-refractivity contribution is 14.1. The van der Waals surface area contributed by atoms with E-state index in [9.17, 15) is 13.9 Å². The highest BCUT2D eigenvalue weighted by Crippen LogP contribution is 2.25. The second-order valence-corrected chi connectivity index (χ2v) is 4.87. The molecule has 4 heteroatoms. The van der Waals surface area contributed by atoms with Gasteiger partial charge in [-0.3, -0.25) is 0 Å². The van der Waals surface area contributed by atoms with Crippen LogP contribution in [0.1, 0.15) is 17.2 Å². The van der Waals surface area contributed by atoms with Crippen molar-refractivity contribution in [2.24, 2.45) is 0 Å². The molecule has 2 rings (SSSR count). The molecule has 0 saturated heterocycles. The average molecular weight is 346 g/mol. The third-order valence-corrected chi connectivity index (χ3v) is 3.16. The van der Waals surface area contributed by atoms with Crippen molar-refractivity contribution in [3.05, 3.63) is 68.8 Å². The summed E-state index contributed by atoms with van der Waals surface area (Å²) in [6.07, 6.45) is -1.08. The van der Waals surface area contributed by atoms with Crippen LogP contribution < -0.4 is 0 Å². The van der Waals surface area contributed by atoms with Gasteiger partial charge in [0, 0.05) is 15.2 Å². The van der Waals surface area contributed by atoms with Crippen LogP contribution in [0, 0.1) is 15.2 Å². The summed E-state index contributed by atoms with van der Waals surface area (Å²) in [6, 6.07) is 10.2. The largest absolute Gasteiger partial charge is 0.384 e. The lowest BCUT2D eigenvalue weighted by molar-refractivity contribution is 0.214. The highest BCUT2D eigenvalue weighted by Gasteiger charge is 2.15. The van der Waals surface area contributed by atoms with E-state index >= 15 is 0 Å². The fraction of sp³-hybridized carbons (Fsp3) is 0.0769. The Kier molecular flexibility index (Phi) is 3.73. The molecule has 2 aromatic carbocycles. The van der Waals surface area contributed by atoms with Crippen molar-refractivity contribution >= 4 is 22.6 Å². The quantitative estimate of drug-likeness (QED) is 0.823. The van der Waals surface area contributed by atoms with Crippen LogP contribution in [0.3, 0.4) is 0 Å². The van der Waals surface area contributed by atoms with Gasteiger partial charge in [-0.15, -0.1) is 0 Å².